The van der Waals surface area contributed by atoms with Gasteiger partial charge in [-0.2, -0.15) is 17.0 Å². The molecule has 2 atom stereocenters. The number of nitrogens with zero attached hydrogens (tertiary/aromatic N) is 1. The number of hydrogen-bond acceptors (Lipinski definition) is 2. The van der Waals surface area contributed by atoms with Crippen LogP contribution in [0.4, 0.5) is 0 Å². The lowest BCUT2D eigenvalue weighted by atomic mass is 10.0. The van der Waals surface area contributed by atoms with E-state index in [1.54, 1.807) is 0 Å². The van der Waals surface area contributed by atoms with E-state index in [2.05, 4.69) is 36.4 Å². The maximum Gasteiger partial charge on any atom is 0.0667 e. The highest BCUT2D eigenvalue weighted by Gasteiger charge is 2.23. The van der Waals surface area contributed by atoms with E-state index in [1.165, 1.54) is 31.2 Å². The van der Waals surface area contributed by atoms with Gasteiger partial charge >= 0.3 is 0 Å². The average Bonchev–Trinajstić information content (AvgIpc) is 2.62. The van der Waals surface area contributed by atoms with Crippen molar-refractivity contribution in [3.8, 4) is 6.07 Å². The van der Waals surface area contributed by atoms with Gasteiger partial charge in [-0.15, -0.1) is 0 Å². The fraction of sp³-hybridized carbons (Fsp3) is 0.533. The largest absolute Gasteiger partial charge is 0.198 e. The second-order valence-electron chi connectivity index (χ2n) is 4.71. The summed E-state index contributed by atoms with van der Waals surface area (Å²) in [5.74, 6) is 1.31. The molecule has 90 valence electrons. The first-order chi connectivity index (χ1) is 8.40. The monoisotopic (exact) mass is 245 g/mol. The van der Waals surface area contributed by atoms with E-state index in [-0.39, 0.29) is 5.92 Å². The number of benzene rings is 1. The number of nitriles is 1. The molecule has 1 aromatic carbocycles. The molecule has 0 aliphatic heterocycles. The zero-order chi connectivity index (χ0) is 11.9. The zero-order valence-corrected chi connectivity index (χ0v) is 11.0. The highest BCUT2D eigenvalue weighted by Crippen LogP contribution is 2.33. The zero-order valence-electron chi connectivity index (χ0n) is 10.1. The first kappa shape index (κ1) is 12.5. The number of hydrogen-bond donors (Lipinski definition) is 0. The lowest BCUT2D eigenvalue weighted by Gasteiger charge is -2.18. The second kappa shape index (κ2) is 6.71. The van der Waals surface area contributed by atoms with Crippen LogP contribution < -0.4 is 0 Å². The van der Waals surface area contributed by atoms with E-state index in [0.29, 0.717) is 5.25 Å². The Morgan fingerprint density at radius 3 is 2.65 bits per heavy atom. The third-order valence-electron chi connectivity index (χ3n) is 3.43. The summed E-state index contributed by atoms with van der Waals surface area (Å²) in [5.41, 5.74) is 1.37. The minimum absolute atomic E-state index is 0.270. The number of thioether (sulfide) groups is 1. The molecular formula is C15H19NS. The van der Waals surface area contributed by atoms with Crippen molar-refractivity contribution in [3.05, 3.63) is 35.9 Å². The van der Waals surface area contributed by atoms with Crippen molar-refractivity contribution >= 4 is 11.8 Å². The van der Waals surface area contributed by atoms with Gasteiger partial charge < -0.3 is 0 Å². The second-order valence-corrected chi connectivity index (χ2v) is 5.94. The molecule has 1 aliphatic carbocycles. The molecule has 1 saturated carbocycles. The third-order valence-corrected chi connectivity index (χ3v) is 4.92. The minimum Gasteiger partial charge on any atom is -0.198 e. The molecule has 0 radical (unpaired) electrons. The summed E-state index contributed by atoms with van der Waals surface area (Å²) < 4.78 is 0. The van der Waals surface area contributed by atoms with Gasteiger partial charge in [0, 0.05) is 11.0 Å². The van der Waals surface area contributed by atoms with Crippen LogP contribution in [0.2, 0.25) is 0 Å². The summed E-state index contributed by atoms with van der Waals surface area (Å²) in [7, 11) is 0. The third kappa shape index (κ3) is 3.78. The van der Waals surface area contributed by atoms with Gasteiger partial charge in [-0.1, -0.05) is 49.6 Å². The van der Waals surface area contributed by atoms with Crippen LogP contribution in [0.25, 0.3) is 0 Å². The van der Waals surface area contributed by atoms with Crippen molar-refractivity contribution in [3.63, 3.8) is 0 Å². The summed E-state index contributed by atoms with van der Waals surface area (Å²) >= 11 is 1.97. The summed E-state index contributed by atoms with van der Waals surface area (Å²) in [6.45, 7) is 0. The van der Waals surface area contributed by atoms with Crippen LogP contribution in [-0.2, 0) is 5.75 Å². The van der Waals surface area contributed by atoms with E-state index in [4.69, 9.17) is 0 Å². The first-order valence-electron chi connectivity index (χ1n) is 6.45. The van der Waals surface area contributed by atoms with E-state index in [1.807, 2.05) is 11.8 Å². The summed E-state index contributed by atoms with van der Waals surface area (Å²) in [6, 6.07) is 13.1. The standard InChI is InChI=1S/C15H19NS/c16-11-14-9-5-2-6-10-15(14)17-12-13-7-3-1-4-8-13/h1,3-4,7-8,14-15H,2,5-6,9-10,12H2. The molecule has 17 heavy (non-hydrogen) atoms. The molecular weight excluding hydrogens is 226 g/mol. The highest BCUT2D eigenvalue weighted by atomic mass is 32.2. The molecule has 1 aliphatic rings. The average molecular weight is 245 g/mol. The minimum atomic E-state index is 0.270. The van der Waals surface area contributed by atoms with Gasteiger partial charge in [-0.05, 0) is 18.4 Å². The maximum atomic E-state index is 9.22. The smallest absolute Gasteiger partial charge is 0.0667 e. The van der Waals surface area contributed by atoms with Gasteiger partial charge in [-0.3, -0.25) is 0 Å². The number of rotatable bonds is 3. The van der Waals surface area contributed by atoms with Crippen molar-refractivity contribution in [2.24, 2.45) is 5.92 Å². The van der Waals surface area contributed by atoms with E-state index in [0.717, 1.165) is 12.2 Å². The van der Waals surface area contributed by atoms with Crippen molar-refractivity contribution < 1.29 is 0 Å². The first-order valence-corrected chi connectivity index (χ1v) is 7.50. The predicted molar refractivity (Wildman–Crippen MR) is 73.7 cm³/mol. The van der Waals surface area contributed by atoms with Gasteiger partial charge in [0.05, 0.1) is 12.0 Å². The summed E-state index contributed by atoms with van der Waals surface area (Å²) in [6.07, 6.45) is 6.16. The van der Waals surface area contributed by atoms with Crippen LogP contribution in [0, 0.1) is 17.2 Å². The molecule has 0 saturated heterocycles. The molecule has 2 unspecified atom stereocenters. The van der Waals surface area contributed by atoms with E-state index in [9.17, 15) is 5.26 Å². The van der Waals surface area contributed by atoms with Crippen molar-refractivity contribution in [1.82, 2.24) is 0 Å². The van der Waals surface area contributed by atoms with Crippen LogP contribution in [0.5, 0.6) is 0 Å². The Morgan fingerprint density at radius 2 is 1.88 bits per heavy atom. The van der Waals surface area contributed by atoms with Gasteiger partial charge in [0.2, 0.25) is 0 Å². The molecule has 2 rings (SSSR count). The molecule has 0 bridgehead atoms. The van der Waals surface area contributed by atoms with Crippen molar-refractivity contribution in [2.75, 3.05) is 0 Å². The van der Waals surface area contributed by atoms with Gasteiger partial charge in [0.1, 0.15) is 0 Å². The Morgan fingerprint density at radius 1 is 1.12 bits per heavy atom. The quantitative estimate of drug-likeness (QED) is 0.737. The molecule has 2 heteroatoms. The molecule has 1 fully saturated rings. The Balaban J connectivity index is 1.90. The van der Waals surface area contributed by atoms with Gasteiger partial charge in [0.15, 0.2) is 0 Å². The SMILES string of the molecule is N#CC1CCCCCC1SCc1ccccc1. The highest BCUT2D eigenvalue weighted by molar-refractivity contribution is 7.99. The Hall–Kier alpha value is -0.940. The fourth-order valence-electron chi connectivity index (χ4n) is 2.40. The van der Waals surface area contributed by atoms with Crippen LogP contribution in [0.15, 0.2) is 30.3 Å². The Kier molecular flexibility index (Phi) is 4.94. The molecule has 1 nitrogen and oxygen atoms in total. The predicted octanol–water partition coefficient (Wildman–Crippen LogP) is 4.39. The topological polar surface area (TPSA) is 23.8 Å². The fourth-order valence-corrected chi connectivity index (χ4v) is 3.76. The lowest BCUT2D eigenvalue weighted by Crippen LogP contribution is -2.14. The molecule has 0 aromatic heterocycles. The lowest BCUT2D eigenvalue weighted by molar-refractivity contribution is 0.585. The summed E-state index contributed by atoms with van der Waals surface area (Å²) in [4.78, 5) is 0. The van der Waals surface area contributed by atoms with Crippen LogP contribution in [0.3, 0.4) is 0 Å². The maximum absolute atomic E-state index is 9.22. The van der Waals surface area contributed by atoms with Gasteiger partial charge in [-0.25, -0.2) is 0 Å². The van der Waals surface area contributed by atoms with Crippen LogP contribution >= 0.6 is 11.8 Å². The van der Waals surface area contributed by atoms with Crippen molar-refractivity contribution in [1.29, 1.82) is 5.26 Å². The van der Waals surface area contributed by atoms with E-state index >= 15 is 0 Å². The van der Waals surface area contributed by atoms with Crippen LogP contribution in [-0.4, -0.2) is 5.25 Å². The molecule has 0 heterocycles. The van der Waals surface area contributed by atoms with Crippen molar-refractivity contribution in [2.45, 2.75) is 43.1 Å². The summed E-state index contributed by atoms with van der Waals surface area (Å²) in [5, 5.41) is 9.76. The Labute approximate surface area is 108 Å². The Bertz CT molecular complexity index is 368. The molecule has 0 N–H and O–H groups in total. The normalized spacial score (nSPS) is 24.9. The molecule has 0 amide bonds. The van der Waals surface area contributed by atoms with Gasteiger partial charge in [0.25, 0.3) is 0 Å². The molecule has 1 aromatic rings. The molecule has 0 spiro atoms. The van der Waals surface area contributed by atoms with Crippen LogP contribution in [0.1, 0.15) is 37.7 Å². The van der Waals surface area contributed by atoms with E-state index < -0.39 is 0 Å².